The average molecular weight is 163 g/mol. The van der Waals surface area contributed by atoms with Crippen molar-refractivity contribution in [2.24, 2.45) is 4.99 Å². The lowest BCUT2D eigenvalue weighted by Crippen LogP contribution is -2.08. The van der Waals surface area contributed by atoms with Gasteiger partial charge in [-0.15, -0.1) is 0 Å². The maximum Gasteiger partial charge on any atom is 0.299 e. The summed E-state index contributed by atoms with van der Waals surface area (Å²) in [5.74, 6) is -1.15. The first kappa shape index (κ1) is 8.99. The van der Waals surface area contributed by atoms with Crippen LogP contribution in [-0.4, -0.2) is 25.6 Å². The van der Waals surface area contributed by atoms with E-state index in [1.54, 1.807) is 0 Å². The molecule has 56 valence electrons. The summed E-state index contributed by atoms with van der Waals surface area (Å²) in [6, 6.07) is 0. The number of carbonyl (C=O) groups is 1. The van der Waals surface area contributed by atoms with Crippen LogP contribution in [-0.2, 0) is 14.9 Å². The molecule has 0 unspecified atom stereocenters. The molecule has 10 heavy (non-hydrogen) atoms. The van der Waals surface area contributed by atoms with Crippen LogP contribution in [0.15, 0.2) is 16.5 Å². The molecule has 0 bridgehead atoms. The van der Waals surface area contributed by atoms with Gasteiger partial charge in [-0.3, -0.25) is 9.35 Å². The van der Waals surface area contributed by atoms with Crippen molar-refractivity contribution in [3.05, 3.63) is 11.5 Å². The quantitative estimate of drug-likeness (QED) is 0.341. The van der Waals surface area contributed by atoms with Gasteiger partial charge in [0.15, 0.2) is 4.91 Å². The molecule has 0 aromatic carbocycles. The second kappa shape index (κ2) is 2.72. The van der Waals surface area contributed by atoms with Gasteiger partial charge in [-0.2, -0.15) is 8.42 Å². The highest BCUT2D eigenvalue weighted by Crippen LogP contribution is 2.01. The van der Waals surface area contributed by atoms with Gasteiger partial charge in [-0.05, 0) is 6.72 Å². The minimum absolute atomic E-state index is 0.970. The van der Waals surface area contributed by atoms with Crippen LogP contribution in [0.25, 0.3) is 0 Å². The highest BCUT2D eigenvalue weighted by molar-refractivity contribution is 7.90. The Labute approximate surface area is 57.8 Å². The van der Waals surface area contributed by atoms with Crippen molar-refractivity contribution in [3.8, 4) is 0 Å². The zero-order valence-corrected chi connectivity index (χ0v) is 5.76. The molecule has 5 nitrogen and oxygen atoms in total. The van der Waals surface area contributed by atoms with Gasteiger partial charge < -0.3 is 0 Å². The largest absolute Gasteiger partial charge is 0.299 e. The number of rotatable bonds is 2. The molecule has 0 spiro atoms. The first-order chi connectivity index (χ1) is 4.39. The first-order valence-electron chi connectivity index (χ1n) is 2.07. The van der Waals surface area contributed by atoms with Crippen molar-refractivity contribution in [2.75, 3.05) is 0 Å². The van der Waals surface area contributed by atoms with Gasteiger partial charge in [-0.1, -0.05) is 6.58 Å². The Hall–Kier alpha value is -1.01. The molecule has 1 N–H and O–H groups in total. The lowest BCUT2D eigenvalue weighted by Gasteiger charge is -1.92. The van der Waals surface area contributed by atoms with E-state index in [0.717, 1.165) is 0 Å². The van der Waals surface area contributed by atoms with Crippen LogP contribution in [0.5, 0.6) is 0 Å². The highest BCUT2D eigenvalue weighted by atomic mass is 32.2. The number of amides is 1. The van der Waals surface area contributed by atoms with E-state index in [4.69, 9.17) is 4.55 Å². The monoisotopic (exact) mass is 163 g/mol. The maximum absolute atomic E-state index is 10.3. The predicted octanol–water partition coefficient (Wildman–Crippen LogP) is -0.385. The molecule has 0 aromatic heterocycles. The van der Waals surface area contributed by atoms with Crippen molar-refractivity contribution < 1.29 is 17.8 Å². The van der Waals surface area contributed by atoms with E-state index in [2.05, 4.69) is 18.3 Å². The standard InChI is InChI=1S/C4H5NO4S/c1-3(4(6)5-2)10(7,8)9/h1-2H2,(H,7,8,9). The summed E-state index contributed by atoms with van der Waals surface area (Å²) in [7, 11) is -4.49. The second-order valence-electron chi connectivity index (χ2n) is 1.36. The van der Waals surface area contributed by atoms with E-state index in [0.29, 0.717) is 0 Å². The van der Waals surface area contributed by atoms with Crippen LogP contribution in [0, 0.1) is 0 Å². The van der Waals surface area contributed by atoms with Crippen molar-refractivity contribution in [1.29, 1.82) is 0 Å². The number of aliphatic imine (C=N–C) groups is 1. The zero-order chi connectivity index (χ0) is 8.36. The van der Waals surface area contributed by atoms with Crippen LogP contribution in [0.4, 0.5) is 0 Å². The summed E-state index contributed by atoms with van der Waals surface area (Å²) < 4.78 is 28.3. The Bertz CT molecular complexity index is 276. The summed E-state index contributed by atoms with van der Waals surface area (Å²) in [4.78, 5) is 12.0. The zero-order valence-electron chi connectivity index (χ0n) is 4.94. The van der Waals surface area contributed by atoms with Crippen LogP contribution in [0.1, 0.15) is 0 Å². The third-order valence-electron chi connectivity index (χ3n) is 0.694. The van der Waals surface area contributed by atoms with Crippen molar-refractivity contribution >= 4 is 22.7 Å². The Morgan fingerprint density at radius 3 is 2.00 bits per heavy atom. The van der Waals surface area contributed by atoms with Crippen molar-refractivity contribution in [1.82, 2.24) is 0 Å². The fourth-order valence-corrected chi connectivity index (χ4v) is 0.484. The molecule has 0 aliphatic heterocycles. The second-order valence-corrected chi connectivity index (χ2v) is 2.80. The van der Waals surface area contributed by atoms with E-state index in [1.807, 2.05) is 0 Å². The summed E-state index contributed by atoms with van der Waals surface area (Å²) in [6.45, 7) is 5.53. The lowest BCUT2D eigenvalue weighted by atomic mass is 10.6. The van der Waals surface area contributed by atoms with Crippen LogP contribution < -0.4 is 0 Å². The van der Waals surface area contributed by atoms with Gasteiger partial charge in [-0.25, -0.2) is 4.99 Å². The number of nitrogens with zero attached hydrogens (tertiary/aromatic N) is 1. The van der Waals surface area contributed by atoms with Crippen molar-refractivity contribution in [3.63, 3.8) is 0 Å². The molecule has 0 saturated heterocycles. The summed E-state index contributed by atoms with van der Waals surface area (Å²) in [5.41, 5.74) is 0. The summed E-state index contributed by atoms with van der Waals surface area (Å²) in [6.07, 6.45) is 0. The van der Waals surface area contributed by atoms with Crippen LogP contribution >= 0.6 is 0 Å². The number of hydrogen-bond acceptors (Lipinski definition) is 3. The van der Waals surface area contributed by atoms with Gasteiger partial charge >= 0.3 is 0 Å². The Morgan fingerprint density at radius 2 is 1.90 bits per heavy atom. The van der Waals surface area contributed by atoms with Gasteiger partial charge in [0.05, 0.1) is 0 Å². The Kier molecular flexibility index (Phi) is 2.44. The molecule has 0 radical (unpaired) electrons. The topological polar surface area (TPSA) is 83.8 Å². The summed E-state index contributed by atoms with van der Waals surface area (Å²) >= 11 is 0. The van der Waals surface area contributed by atoms with Crippen LogP contribution in [0.2, 0.25) is 0 Å². The molecule has 0 rings (SSSR count). The molecule has 0 aliphatic carbocycles. The molecule has 0 heterocycles. The average Bonchev–Trinajstić information content (AvgIpc) is 1.83. The number of hydrogen-bond donors (Lipinski definition) is 1. The van der Waals surface area contributed by atoms with E-state index in [-0.39, 0.29) is 0 Å². The first-order valence-corrected chi connectivity index (χ1v) is 3.51. The molecular formula is C4H5NO4S. The van der Waals surface area contributed by atoms with Gasteiger partial charge in [0.1, 0.15) is 0 Å². The lowest BCUT2D eigenvalue weighted by molar-refractivity contribution is -0.113. The summed E-state index contributed by atoms with van der Waals surface area (Å²) in [5, 5.41) is 0. The molecule has 0 aromatic rings. The smallest absolute Gasteiger partial charge is 0.282 e. The Morgan fingerprint density at radius 1 is 1.50 bits per heavy atom. The SMILES string of the molecule is C=NC(=O)C(=C)S(=O)(=O)O. The predicted molar refractivity (Wildman–Crippen MR) is 35.2 cm³/mol. The molecule has 0 atom stereocenters. The van der Waals surface area contributed by atoms with Gasteiger partial charge in [0, 0.05) is 0 Å². The molecule has 6 heteroatoms. The number of carbonyl (C=O) groups excluding carboxylic acids is 1. The normalized spacial score (nSPS) is 10.5. The van der Waals surface area contributed by atoms with E-state index >= 15 is 0 Å². The Balaban J connectivity index is 4.73. The fraction of sp³-hybridized carbons (Fsp3) is 0. The van der Waals surface area contributed by atoms with E-state index < -0.39 is 20.9 Å². The highest BCUT2D eigenvalue weighted by Gasteiger charge is 2.17. The molecular weight excluding hydrogens is 158 g/mol. The van der Waals surface area contributed by atoms with E-state index in [1.165, 1.54) is 0 Å². The fourth-order valence-electron chi connectivity index (χ4n) is 0.199. The molecule has 0 saturated carbocycles. The van der Waals surface area contributed by atoms with Gasteiger partial charge in [0.25, 0.3) is 16.0 Å². The van der Waals surface area contributed by atoms with Crippen LogP contribution in [0.3, 0.4) is 0 Å². The van der Waals surface area contributed by atoms with E-state index in [9.17, 15) is 13.2 Å². The molecule has 1 amide bonds. The third-order valence-corrected chi connectivity index (χ3v) is 1.49. The minimum atomic E-state index is -4.49. The molecule has 0 fully saturated rings. The third kappa shape index (κ3) is 2.08. The van der Waals surface area contributed by atoms with Gasteiger partial charge in [0.2, 0.25) is 0 Å². The van der Waals surface area contributed by atoms with Crippen molar-refractivity contribution in [2.45, 2.75) is 0 Å². The minimum Gasteiger partial charge on any atom is -0.282 e. The molecule has 0 aliphatic rings. The maximum atomic E-state index is 10.3.